The first-order valence-electron chi connectivity index (χ1n) is 7.22. The summed E-state index contributed by atoms with van der Waals surface area (Å²) in [5.41, 5.74) is 7.21. The van der Waals surface area contributed by atoms with E-state index < -0.39 is 0 Å². The molecule has 2 atom stereocenters. The first kappa shape index (κ1) is 14.2. The van der Waals surface area contributed by atoms with E-state index >= 15 is 0 Å². The van der Waals surface area contributed by atoms with Crippen molar-refractivity contribution in [1.29, 1.82) is 0 Å². The number of methoxy groups -OCH3 is 2. The van der Waals surface area contributed by atoms with Crippen LogP contribution in [0.15, 0.2) is 18.2 Å². The summed E-state index contributed by atoms with van der Waals surface area (Å²) in [5, 5.41) is 0. The lowest BCUT2D eigenvalue weighted by molar-refractivity contribution is 0.346. The molecule has 0 saturated heterocycles. The highest BCUT2D eigenvalue weighted by Crippen LogP contribution is 2.44. The molecule has 0 aromatic heterocycles. The smallest absolute Gasteiger partial charge is 0.126 e. The maximum Gasteiger partial charge on any atom is 0.126 e. The molecule has 1 saturated carbocycles. The molecule has 2 N–H and O–H groups in total. The Morgan fingerprint density at radius 2 is 1.68 bits per heavy atom. The summed E-state index contributed by atoms with van der Waals surface area (Å²) in [5.74, 6) is 2.86. The second kappa shape index (κ2) is 6.80. The van der Waals surface area contributed by atoms with Gasteiger partial charge in [0, 0.05) is 5.56 Å². The van der Waals surface area contributed by atoms with Crippen molar-refractivity contribution in [3.8, 4) is 11.5 Å². The Labute approximate surface area is 116 Å². The fourth-order valence-corrected chi connectivity index (χ4v) is 3.29. The molecule has 0 amide bonds. The quantitative estimate of drug-likeness (QED) is 0.847. The van der Waals surface area contributed by atoms with Crippen LogP contribution in [0.3, 0.4) is 0 Å². The van der Waals surface area contributed by atoms with Gasteiger partial charge in [-0.1, -0.05) is 25.3 Å². The molecular formula is C16H25NO2. The molecule has 0 radical (unpaired) electrons. The molecule has 1 aromatic carbocycles. The average Bonchev–Trinajstić information content (AvgIpc) is 2.71. The second-order valence-electron chi connectivity index (χ2n) is 5.32. The monoisotopic (exact) mass is 263 g/mol. The van der Waals surface area contributed by atoms with E-state index in [9.17, 15) is 0 Å². The third-order valence-corrected chi connectivity index (χ3v) is 4.30. The summed E-state index contributed by atoms with van der Waals surface area (Å²) in [7, 11) is 3.46. The molecule has 1 aliphatic carbocycles. The van der Waals surface area contributed by atoms with Crippen molar-refractivity contribution in [3.63, 3.8) is 0 Å². The van der Waals surface area contributed by atoms with E-state index in [0.717, 1.165) is 18.0 Å². The standard InChI is InChI=1S/C16H25NO2/c1-18-14-9-6-10-15(19-2)16(14)13-8-5-3-4-7-12(13)11-17/h6,9-10,12-13H,3-5,7-8,11,17H2,1-2H3. The normalized spacial score (nSPS) is 23.7. The Kier molecular flexibility index (Phi) is 5.08. The van der Waals surface area contributed by atoms with E-state index in [1.54, 1.807) is 14.2 Å². The van der Waals surface area contributed by atoms with Crippen LogP contribution in [-0.4, -0.2) is 20.8 Å². The van der Waals surface area contributed by atoms with Crippen molar-refractivity contribution in [2.45, 2.75) is 38.0 Å². The zero-order valence-corrected chi connectivity index (χ0v) is 12.0. The van der Waals surface area contributed by atoms with Gasteiger partial charge in [0.25, 0.3) is 0 Å². The highest BCUT2D eigenvalue weighted by Gasteiger charge is 2.29. The van der Waals surface area contributed by atoms with E-state index in [4.69, 9.17) is 15.2 Å². The molecule has 0 bridgehead atoms. The molecule has 2 rings (SSSR count). The molecule has 0 spiro atoms. The summed E-state index contributed by atoms with van der Waals surface area (Å²) in [6.45, 7) is 0.742. The number of hydrogen-bond acceptors (Lipinski definition) is 3. The lowest BCUT2D eigenvalue weighted by atomic mass is 9.81. The van der Waals surface area contributed by atoms with Gasteiger partial charge in [0.05, 0.1) is 14.2 Å². The minimum Gasteiger partial charge on any atom is -0.496 e. The lowest BCUT2D eigenvalue weighted by Gasteiger charge is -2.27. The van der Waals surface area contributed by atoms with Crippen molar-refractivity contribution in [3.05, 3.63) is 23.8 Å². The second-order valence-corrected chi connectivity index (χ2v) is 5.32. The van der Waals surface area contributed by atoms with Crippen LogP contribution in [0.2, 0.25) is 0 Å². The molecule has 2 unspecified atom stereocenters. The van der Waals surface area contributed by atoms with Gasteiger partial charge in [-0.25, -0.2) is 0 Å². The minimum atomic E-state index is 0.457. The van der Waals surface area contributed by atoms with Crippen molar-refractivity contribution >= 4 is 0 Å². The fraction of sp³-hybridized carbons (Fsp3) is 0.625. The van der Waals surface area contributed by atoms with Crippen molar-refractivity contribution in [1.82, 2.24) is 0 Å². The van der Waals surface area contributed by atoms with E-state index in [1.165, 1.54) is 37.7 Å². The van der Waals surface area contributed by atoms with Crippen LogP contribution < -0.4 is 15.2 Å². The Morgan fingerprint density at radius 3 is 2.26 bits per heavy atom. The number of hydrogen-bond donors (Lipinski definition) is 1. The Morgan fingerprint density at radius 1 is 1.05 bits per heavy atom. The van der Waals surface area contributed by atoms with Gasteiger partial charge >= 0.3 is 0 Å². The topological polar surface area (TPSA) is 44.5 Å². The number of benzene rings is 1. The Hall–Kier alpha value is -1.22. The van der Waals surface area contributed by atoms with Crippen LogP contribution >= 0.6 is 0 Å². The summed E-state index contributed by atoms with van der Waals surface area (Å²) < 4.78 is 11.1. The SMILES string of the molecule is COc1cccc(OC)c1C1CCCCCC1CN. The van der Waals surface area contributed by atoms with E-state index in [1.807, 2.05) is 18.2 Å². The molecule has 1 fully saturated rings. The number of ether oxygens (including phenoxy) is 2. The largest absolute Gasteiger partial charge is 0.496 e. The molecule has 1 aliphatic rings. The molecule has 3 nitrogen and oxygen atoms in total. The summed E-state index contributed by atoms with van der Waals surface area (Å²) in [4.78, 5) is 0. The first-order valence-corrected chi connectivity index (χ1v) is 7.22. The lowest BCUT2D eigenvalue weighted by Crippen LogP contribution is -2.22. The maximum atomic E-state index is 6.00. The van der Waals surface area contributed by atoms with E-state index in [0.29, 0.717) is 11.8 Å². The van der Waals surface area contributed by atoms with Crippen LogP contribution in [0, 0.1) is 5.92 Å². The van der Waals surface area contributed by atoms with Gasteiger partial charge < -0.3 is 15.2 Å². The predicted octanol–water partition coefficient (Wildman–Crippen LogP) is 3.33. The van der Waals surface area contributed by atoms with Crippen LogP contribution in [-0.2, 0) is 0 Å². The highest BCUT2D eigenvalue weighted by atomic mass is 16.5. The third kappa shape index (κ3) is 3.03. The van der Waals surface area contributed by atoms with Crippen LogP contribution in [0.4, 0.5) is 0 Å². The third-order valence-electron chi connectivity index (χ3n) is 4.30. The molecule has 19 heavy (non-hydrogen) atoms. The number of nitrogens with two attached hydrogens (primary N) is 1. The van der Waals surface area contributed by atoms with Crippen molar-refractivity contribution in [2.75, 3.05) is 20.8 Å². The van der Waals surface area contributed by atoms with Gasteiger partial charge in [0.1, 0.15) is 11.5 Å². The van der Waals surface area contributed by atoms with E-state index in [-0.39, 0.29) is 0 Å². The van der Waals surface area contributed by atoms with Crippen molar-refractivity contribution < 1.29 is 9.47 Å². The number of rotatable bonds is 4. The Bertz CT molecular complexity index is 383. The predicted molar refractivity (Wildman–Crippen MR) is 77.9 cm³/mol. The fourth-order valence-electron chi connectivity index (χ4n) is 3.29. The van der Waals surface area contributed by atoms with E-state index in [2.05, 4.69) is 0 Å². The molecule has 3 heteroatoms. The summed E-state index contributed by atoms with van der Waals surface area (Å²) in [6.07, 6.45) is 6.25. The summed E-state index contributed by atoms with van der Waals surface area (Å²) >= 11 is 0. The Balaban J connectivity index is 2.41. The molecule has 0 aliphatic heterocycles. The molecule has 0 heterocycles. The maximum absolute atomic E-state index is 6.00. The van der Waals surface area contributed by atoms with Gasteiger partial charge in [0.15, 0.2) is 0 Å². The molecule has 106 valence electrons. The van der Waals surface area contributed by atoms with Crippen LogP contribution in [0.1, 0.15) is 43.6 Å². The molecular weight excluding hydrogens is 238 g/mol. The van der Waals surface area contributed by atoms with Gasteiger partial charge in [-0.15, -0.1) is 0 Å². The van der Waals surface area contributed by atoms with Gasteiger partial charge in [0.2, 0.25) is 0 Å². The van der Waals surface area contributed by atoms with Gasteiger partial charge in [-0.2, -0.15) is 0 Å². The van der Waals surface area contributed by atoms with Crippen LogP contribution in [0.25, 0.3) is 0 Å². The van der Waals surface area contributed by atoms with Crippen LogP contribution in [0.5, 0.6) is 11.5 Å². The zero-order chi connectivity index (χ0) is 13.7. The molecule has 1 aromatic rings. The van der Waals surface area contributed by atoms with Gasteiger partial charge in [-0.3, -0.25) is 0 Å². The average molecular weight is 263 g/mol. The van der Waals surface area contributed by atoms with Crippen molar-refractivity contribution in [2.24, 2.45) is 11.7 Å². The minimum absolute atomic E-state index is 0.457. The first-order chi connectivity index (χ1) is 9.31. The van der Waals surface area contributed by atoms with Gasteiger partial charge in [-0.05, 0) is 43.4 Å². The summed E-state index contributed by atoms with van der Waals surface area (Å²) in [6, 6.07) is 6.03. The zero-order valence-electron chi connectivity index (χ0n) is 12.0. The highest BCUT2D eigenvalue weighted by molar-refractivity contribution is 5.47.